The average Bonchev–Trinajstić information content (AvgIpc) is 2.31. The molecule has 0 radical (unpaired) electrons. The summed E-state index contributed by atoms with van der Waals surface area (Å²) in [5.74, 6) is -0.282. The molecule has 0 aliphatic heterocycles. The van der Waals surface area contributed by atoms with E-state index in [1.54, 1.807) is 18.2 Å². The highest BCUT2D eigenvalue weighted by atomic mass is 79.9. The van der Waals surface area contributed by atoms with Crippen LogP contribution >= 0.6 is 39.1 Å². The maximum Gasteiger partial charge on any atom is 0.316 e. The Hall–Kier alpha value is -0.250. The van der Waals surface area contributed by atoms with E-state index in [0.29, 0.717) is 21.8 Å². The number of benzene rings is 1. The first kappa shape index (κ1) is 14.8. The van der Waals surface area contributed by atoms with Gasteiger partial charge in [-0.05, 0) is 31.0 Å². The second-order valence-electron chi connectivity index (χ2n) is 3.89. The number of halogens is 3. The summed E-state index contributed by atoms with van der Waals surface area (Å²) in [5.41, 5.74) is 0.0881. The first-order valence-electron chi connectivity index (χ1n) is 5.05. The number of rotatable bonds is 4. The van der Waals surface area contributed by atoms with Crippen molar-refractivity contribution in [2.75, 3.05) is 12.4 Å². The smallest absolute Gasteiger partial charge is 0.316 e. The van der Waals surface area contributed by atoms with Crippen LogP contribution in [0.2, 0.25) is 10.0 Å². The number of hydrogen-bond donors (Lipinski definition) is 0. The molecule has 1 aromatic carbocycles. The lowest BCUT2D eigenvalue weighted by Crippen LogP contribution is -2.34. The molecule has 1 rings (SSSR count). The van der Waals surface area contributed by atoms with E-state index in [-0.39, 0.29) is 5.97 Å². The molecule has 94 valence electrons. The third-order valence-corrected chi connectivity index (χ3v) is 3.92. The van der Waals surface area contributed by atoms with Gasteiger partial charge in [0.25, 0.3) is 0 Å². The van der Waals surface area contributed by atoms with Crippen LogP contribution in [0.15, 0.2) is 18.2 Å². The molecule has 5 heteroatoms. The Balaban J connectivity index is 3.22. The van der Waals surface area contributed by atoms with Gasteiger partial charge >= 0.3 is 5.97 Å². The van der Waals surface area contributed by atoms with Crippen molar-refractivity contribution < 1.29 is 9.53 Å². The number of esters is 1. The van der Waals surface area contributed by atoms with Crippen molar-refractivity contribution in [3.63, 3.8) is 0 Å². The molecule has 0 amide bonds. The summed E-state index contributed by atoms with van der Waals surface area (Å²) in [6.07, 6.45) is 0.623. The van der Waals surface area contributed by atoms with E-state index < -0.39 is 5.41 Å². The van der Waals surface area contributed by atoms with Crippen molar-refractivity contribution in [3.05, 3.63) is 33.8 Å². The minimum absolute atomic E-state index is 0.282. The molecule has 0 aliphatic carbocycles. The minimum atomic E-state index is -0.716. The summed E-state index contributed by atoms with van der Waals surface area (Å²) in [7, 11) is 1.38. The molecule has 1 atom stereocenters. The fourth-order valence-corrected chi connectivity index (χ4v) is 2.71. The number of hydrogen-bond acceptors (Lipinski definition) is 2. The van der Waals surface area contributed by atoms with Gasteiger partial charge in [-0.25, -0.2) is 0 Å². The fourth-order valence-electron chi connectivity index (χ4n) is 1.62. The normalized spacial score (nSPS) is 14.2. The highest BCUT2D eigenvalue weighted by molar-refractivity contribution is 9.09. The molecule has 0 bridgehead atoms. The summed E-state index contributed by atoms with van der Waals surface area (Å²) in [6.45, 7) is 1.83. The molecule has 0 aromatic heterocycles. The Labute approximate surface area is 119 Å². The largest absolute Gasteiger partial charge is 0.468 e. The molecule has 0 N–H and O–H groups in total. The lowest BCUT2D eigenvalue weighted by atomic mass is 9.80. The molecule has 0 saturated carbocycles. The van der Waals surface area contributed by atoms with Gasteiger partial charge in [0.15, 0.2) is 0 Å². The van der Waals surface area contributed by atoms with Gasteiger partial charge in [-0.15, -0.1) is 0 Å². The Morgan fingerprint density at radius 1 is 1.41 bits per heavy atom. The quantitative estimate of drug-likeness (QED) is 0.606. The van der Waals surface area contributed by atoms with Gasteiger partial charge in [0.2, 0.25) is 0 Å². The summed E-state index contributed by atoms with van der Waals surface area (Å²) in [6, 6.07) is 5.20. The SMILES string of the molecule is COC(=O)C(C)(CCBr)c1ccc(Cl)c(Cl)c1. The van der Waals surface area contributed by atoms with Gasteiger partial charge in [0.1, 0.15) is 0 Å². The van der Waals surface area contributed by atoms with Crippen LogP contribution in [-0.2, 0) is 14.9 Å². The average molecular weight is 340 g/mol. The second-order valence-corrected chi connectivity index (χ2v) is 5.50. The standard InChI is InChI=1S/C12H13BrCl2O2/c1-12(5-6-13,11(16)17-2)8-3-4-9(14)10(15)7-8/h3-4,7H,5-6H2,1-2H3. The molecule has 17 heavy (non-hydrogen) atoms. The van der Waals surface area contributed by atoms with Gasteiger partial charge in [0, 0.05) is 5.33 Å². The maximum atomic E-state index is 11.9. The van der Waals surface area contributed by atoms with Crippen LogP contribution < -0.4 is 0 Å². The lowest BCUT2D eigenvalue weighted by Gasteiger charge is -2.26. The van der Waals surface area contributed by atoms with Crippen LogP contribution in [0.5, 0.6) is 0 Å². The van der Waals surface area contributed by atoms with Crippen LogP contribution in [0.3, 0.4) is 0 Å². The van der Waals surface area contributed by atoms with Gasteiger partial charge in [-0.2, -0.15) is 0 Å². The third-order valence-electron chi connectivity index (χ3n) is 2.79. The van der Waals surface area contributed by atoms with E-state index in [9.17, 15) is 4.79 Å². The predicted octanol–water partition coefficient (Wildman–Crippen LogP) is 4.21. The molecule has 1 unspecified atom stereocenters. The molecule has 1 aromatic rings. The summed E-state index contributed by atoms with van der Waals surface area (Å²) in [4.78, 5) is 11.9. The molecular weight excluding hydrogens is 327 g/mol. The molecular formula is C12H13BrCl2O2. The van der Waals surface area contributed by atoms with Crippen molar-refractivity contribution in [1.82, 2.24) is 0 Å². The monoisotopic (exact) mass is 338 g/mol. The molecule has 0 heterocycles. The van der Waals surface area contributed by atoms with Gasteiger partial charge in [0.05, 0.1) is 22.6 Å². The van der Waals surface area contributed by atoms with Crippen molar-refractivity contribution in [3.8, 4) is 0 Å². The Morgan fingerprint density at radius 3 is 2.53 bits per heavy atom. The molecule has 0 fully saturated rings. The minimum Gasteiger partial charge on any atom is -0.468 e. The van der Waals surface area contributed by atoms with Crippen LogP contribution in [-0.4, -0.2) is 18.4 Å². The topological polar surface area (TPSA) is 26.3 Å². The van der Waals surface area contributed by atoms with E-state index in [2.05, 4.69) is 15.9 Å². The third kappa shape index (κ3) is 3.15. The van der Waals surface area contributed by atoms with Gasteiger partial charge < -0.3 is 4.74 Å². The fraction of sp³-hybridized carbons (Fsp3) is 0.417. The van der Waals surface area contributed by atoms with Crippen molar-refractivity contribution in [2.45, 2.75) is 18.8 Å². The Morgan fingerprint density at radius 2 is 2.06 bits per heavy atom. The van der Waals surface area contributed by atoms with Crippen molar-refractivity contribution in [2.24, 2.45) is 0 Å². The molecule has 0 spiro atoms. The summed E-state index contributed by atoms with van der Waals surface area (Å²) >= 11 is 15.2. The zero-order valence-corrected chi connectivity index (χ0v) is 12.7. The van der Waals surface area contributed by atoms with E-state index >= 15 is 0 Å². The number of carbonyl (C=O) groups excluding carboxylic acids is 1. The van der Waals surface area contributed by atoms with E-state index in [4.69, 9.17) is 27.9 Å². The lowest BCUT2D eigenvalue weighted by molar-refractivity contribution is -0.147. The van der Waals surface area contributed by atoms with Crippen LogP contribution in [0.1, 0.15) is 18.9 Å². The molecule has 0 saturated heterocycles. The van der Waals surface area contributed by atoms with Crippen molar-refractivity contribution in [1.29, 1.82) is 0 Å². The Kier molecular flexibility index (Phi) is 5.29. The van der Waals surface area contributed by atoms with Crippen LogP contribution in [0, 0.1) is 0 Å². The van der Waals surface area contributed by atoms with Crippen LogP contribution in [0.4, 0.5) is 0 Å². The number of alkyl halides is 1. The van der Waals surface area contributed by atoms with Gasteiger partial charge in [-0.3, -0.25) is 4.79 Å². The summed E-state index contributed by atoms with van der Waals surface area (Å²) in [5, 5.41) is 1.61. The first-order chi connectivity index (χ1) is 7.95. The van der Waals surface area contributed by atoms with E-state index in [1.807, 2.05) is 6.92 Å². The first-order valence-corrected chi connectivity index (χ1v) is 6.93. The highest BCUT2D eigenvalue weighted by Gasteiger charge is 2.35. The Bertz CT molecular complexity index is 423. The summed E-state index contributed by atoms with van der Waals surface area (Å²) < 4.78 is 4.86. The zero-order valence-electron chi connectivity index (χ0n) is 9.60. The van der Waals surface area contributed by atoms with Gasteiger partial charge in [-0.1, -0.05) is 45.2 Å². The number of carbonyl (C=O) groups is 1. The zero-order chi connectivity index (χ0) is 13.1. The maximum absolute atomic E-state index is 11.9. The predicted molar refractivity (Wildman–Crippen MR) is 74.2 cm³/mol. The molecule has 0 aliphatic rings. The van der Waals surface area contributed by atoms with Crippen LogP contribution in [0.25, 0.3) is 0 Å². The van der Waals surface area contributed by atoms with E-state index in [1.165, 1.54) is 7.11 Å². The highest BCUT2D eigenvalue weighted by Crippen LogP contribution is 2.33. The van der Waals surface area contributed by atoms with E-state index in [0.717, 1.165) is 5.56 Å². The number of ether oxygens (including phenoxy) is 1. The number of methoxy groups -OCH3 is 1. The molecule has 2 nitrogen and oxygen atoms in total. The second kappa shape index (κ2) is 6.07. The van der Waals surface area contributed by atoms with Crippen molar-refractivity contribution >= 4 is 45.1 Å².